The molecule has 0 spiro atoms. The molecule has 3 aliphatic rings. The van der Waals surface area contributed by atoms with Gasteiger partial charge in [-0.25, -0.2) is 0 Å². The minimum atomic E-state index is 0.722. The van der Waals surface area contributed by atoms with Crippen LogP contribution in [0.3, 0.4) is 0 Å². The third kappa shape index (κ3) is 1.94. The molecule has 20 heavy (non-hydrogen) atoms. The molecule has 8 unspecified atom stereocenters. The normalized spacial score (nSPS) is 52.4. The van der Waals surface area contributed by atoms with Gasteiger partial charge in [0.2, 0.25) is 0 Å². The van der Waals surface area contributed by atoms with Gasteiger partial charge in [0.15, 0.2) is 0 Å². The summed E-state index contributed by atoms with van der Waals surface area (Å²) < 4.78 is 0. The summed E-state index contributed by atoms with van der Waals surface area (Å²) in [5.74, 6) is 6.13. The highest BCUT2D eigenvalue weighted by molar-refractivity contribution is 5.30. The first-order valence-electron chi connectivity index (χ1n) is 8.80. The van der Waals surface area contributed by atoms with Gasteiger partial charge in [-0.2, -0.15) is 0 Å². The van der Waals surface area contributed by atoms with E-state index in [9.17, 15) is 0 Å². The lowest BCUT2D eigenvalue weighted by Gasteiger charge is -2.56. The van der Waals surface area contributed by atoms with Crippen LogP contribution in [0.15, 0.2) is 24.3 Å². The van der Waals surface area contributed by atoms with E-state index in [4.69, 9.17) is 0 Å². The lowest BCUT2D eigenvalue weighted by atomic mass is 9.48. The maximum atomic E-state index is 4.65. The first kappa shape index (κ1) is 14.4. The van der Waals surface area contributed by atoms with Crippen molar-refractivity contribution in [1.82, 2.24) is 0 Å². The second kappa shape index (κ2) is 5.04. The minimum absolute atomic E-state index is 0.722. The zero-order valence-electron chi connectivity index (χ0n) is 13.9. The number of fused-ring (bicyclic) bond motifs is 2. The third-order valence-corrected chi connectivity index (χ3v) is 7.09. The smallest absolute Gasteiger partial charge is 0.0109 e. The van der Waals surface area contributed by atoms with Crippen molar-refractivity contribution in [3.05, 3.63) is 24.3 Å². The van der Waals surface area contributed by atoms with Gasteiger partial charge in [-0.15, -0.1) is 0 Å². The SMILES string of the molecule is C=C1C2C(C)CCC(C)C2C(=C)C2C(C)CCC(C)C12. The summed E-state index contributed by atoms with van der Waals surface area (Å²) in [7, 11) is 0. The fourth-order valence-electron chi connectivity index (χ4n) is 6.01. The van der Waals surface area contributed by atoms with Crippen molar-refractivity contribution in [1.29, 1.82) is 0 Å². The maximum absolute atomic E-state index is 4.65. The molecule has 3 saturated carbocycles. The summed E-state index contributed by atoms with van der Waals surface area (Å²) in [4.78, 5) is 0. The van der Waals surface area contributed by atoms with Gasteiger partial charge in [-0.05, 0) is 73.0 Å². The highest BCUT2D eigenvalue weighted by atomic mass is 14.6. The molecule has 112 valence electrons. The Hall–Kier alpha value is -0.520. The van der Waals surface area contributed by atoms with Crippen molar-refractivity contribution >= 4 is 0 Å². The molecule has 0 aromatic heterocycles. The van der Waals surface area contributed by atoms with Crippen LogP contribution in [0.1, 0.15) is 53.4 Å². The lowest BCUT2D eigenvalue weighted by Crippen LogP contribution is -2.48. The summed E-state index contributed by atoms with van der Waals surface area (Å²) in [5, 5.41) is 0. The second-order valence-electron chi connectivity index (χ2n) is 8.32. The molecule has 0 bridgehead atoms. The fourth-order valence-corrected chi connectivity index (χ4v) is 6.01. The van der Waals surface area contributed by atoms with E-state index in [1.54, 1.807) is 11.1 Å². The largest absolute Gasteiger partial charge is 0.0992 e. The Morgan fingerprint density at radius 3 is 0.950 bits per heavy atom. The molecule has 0 saturated heterocycles. The Balaban J connectivity index is 2.01. The molecule has 0 heteroatoms. The lowest BCUT2D eigenvalue weighted by molar-refractivity contribution is 0.0531. The van der Waals surface area contributed by atoms with E-state index in [1.807, 2.05) is 0 Å². The predicted molar refractivity (Wildman–Crippen MR) is 87.4 cm³/mol. The topological polar surface area (TPSA) is 0 Å². The third-order valence-electron chi connectivity index (χ3n) is 7.09. The van der Waals surface area contributed by atoms with Gasteiger partial charge in [-0.1, -0.05) is 52.0 Å². The molecule has 0 amide bonds. The van der Waals surface area contributed by atoms with E-state index in [-0.39, 0.29) is 0 Å². The zero-order chi connectivity index (χ0) is 14.6. The quantitative estimate of drug-likeness (QED) is 0.495. The summed E-state index contributed by atoms with van der Waals surface area (Å²) in [5.41, 5.74) is 3.20. The van der Waals surface area contributed by atoms with E-state index in [0.29, 0.717) is 0 Å². The van der Waals surface area contributed by atoms with Gasteiger partial charge in [0.05, 0.1) is 0 Å². The van der Waals surface area contributed by atoms with E-state index in [0.717, 1.165) is 47.3 Å². The van der Waals surface area contributed by atoms with Crippen LogP contribution in [0.5, 0.6) is 0 Å². The monoisotopic (exact) mass is 272 g/mol. The first-order valence-corrected chi connectivity index (χ1v) is 8.80. The minimum Gasteiger partial charge on any atom is -0.0992 e. The summed E-state index contributed by atoms with van der Waals surface area (Å²) >= 11 is 0. The predicted octanol–water partition coefficient (Wildman–Crippen LogP) is 5.71. The van der Waals surface area contributed by atoms with Crippen LogP contribution in [0.25, 0.3) is 0 Å². The van der Waals surface area contributed by atoms with Gasteiger partial charge in [0, 0.05) is 0 Å². The Bertz CT molecular complexity index is 342. The first-order chi connectivity index (χ1) is 9.43. The van der Waals surface area contributed by atoms with Crippen LogP contribution in [0.2, 0.25) is 0 Å². The van der Waals surface area contributed by atoms with Gasteiger partial charge >= 0.3 is 0 Å². The molecule has 0 aromatic carbocycles. The number of rotatable bonds is 0. The second-order valence-corrected chi connectivity index (χ2v) is 8.32. The van der Waals surface area contributed by atoms with Crippen molar-refractivity contribution in [2.45, 2.75) is 53.4 Å². The number of allylic oxidation sites excluding steroid dienone is 2. The molecule has 0 N–H and O–H groups in total. The highest BCUT2D eigenvalue weighted by Crippen LogP contribution is 2.59. The molecule has 8 atom stereocenters. The molecule has 3 aliphatic carbocycles. The maximum Gasteiger partial charge on any atom is -0.0109 e. The van der Waals surface area contributed by atoms with Crippen LogP contribution in [0, 0.1) is 47.3 Å². The molecular weight excluding hydrogens is 240 g/mol. The van der Waals surface area contributed by atoms with Gasteiger partial charge in [0.25, 0.3) is 0 Å². The molecule has 0 aromatic rings. The van der Waals surface area contributed by atoms with Crippen LogP contribution in [-0.2, 0) is 0 Å². The van der Waals surface area contributed by atoms with Crippen molar-refractivity contribution < 1.29 is 0 Å². The fraction of sp³-hybridized carbons (Fsp3) is 0.800. The summed E-state index contributed by atoms with van der Waals surface area (Å²) in [6, 6.07) is 0. The van der Waals surface area contributed by atoms with Gasteiger partial charge in [-0.3, -0.25) is 0 Å². The highest BCUT2D eigenvalue weighted by Gasteiger charge is 2.51. The van der Waals surface area contributed by atoms with E-state index in [2.05, 4.69) is 40.9 Å². The van der Waals surface area contributed by atoms with E-state index >= 15 is 0 Å². The van der Waals surface area contributed by atoms with Crippen LogP contribution in [-0.4, -0.2) is 0 Å². The molecule has 0 radical (unpaired) electrons. The van der Waals surface area contributed by atoms with Crippen molar-refractivity contribution in [3.63, 3.8) is 0 Å². The van der Waals surface area contributed by atoms with E-state index < -0.39 is 0 Å². The Morgan fingerprint density at radius 1 is 0.550 bits per heavy atom. The van der Waals surface area contributed by atoms with Crippen molar-refractivity contribution in [2.75, 3.05) is 0 Å². The van der Waals surface area contributed by atoms with Crippen LogP contribution in [0.4, 0.5) is 0 Å². The molecular formula is C20H32. The zero-order valence-corrected chi connectivity index (χ0v) is 13.9. The summed E-state index contributed by atoms with van der Waals surface area (Å²) in [6.07, 6.45) is 5.54. The van der Waals surface area contributed by atoms with Gasteiger partial charge < -0.3 is 0 Å². The Morgan fingerprint density at radius 2 is 0.750 bits per heavy atom. The van der Waals surface area contributed by atoms with Crippen molar-refractivity contribution in [2.24, 2.45) is 47.3 Å². The molecule has 3 fully saturated rings. The molecule has 0 heterocycles. The Kier molecular flexibility index (Phi) is 3.63. The summed E-state index contributed by atoms with van der Waals surface area (Å²) in [6.45, 7) is 19.1. The van der Waals surface area contributed by atoms with Crippen LogP contribution < -0.4 is 0 Å². The molecule has 0 aliphatic heterocycles. The molecule has 3 rings (SSSR count). The number of hydrogen-bond acceptors (Lipinski definition) is 0. The number of hydrogen-bond donors (Lipinski definition) is 0. The van der Waals surface area contributed by atoms with E-state index in [1.165, 1.54) is 25.7 Å². The Labute approximate surface area is 125 Å². The van der Waals surface area contributed by atoms with Crippen molar-refractivity contribution in [3.8, 4) is 0 Å². The average Bonchev–Trinajstić information content (AvgIpc) is 2.41. The van der Waals surface area contributed by atoms with Gasteiger partial charge in [0.1, 0.15) is 0 Å². The van der Waals surface area contributed by atoms with Crippen LogP contribution >= 0.6 is 0 Å². The average molecular weight is 272 g/mol. The molecule has 0 nitrogen and oxygen atoms in total. The standard InChI is InChI=1S/C20H32/c1-11-7-8-12(2)18-16(6)20-14(4)10-9-13(3)19(20)15(5)17(11)18/h11-14,17-20H,5-10H2,1-4H3.